The summed E-state index contributed by atoms with van der Waals surface area (Å²) < 4.78 is 4.29. The molecule has 0 bridgehead atoms. The molecule has 0 aromatic heterocycles. The number of rotatable bonds is 5. The maximum Gasteiger partial charge on any atom is 0.311 e. The molecular formula is C23H23Cl2NO3. The van der Waals surface area contributed by atoms with E-state index in [4.69, 9.17) is 27.9 Å². The predicted molar refractivity (Wildman–Crippen MR) is 113 cm³/mol. The van der Waals surface area contributed by atoms with Gasteiger partial charge < -0.3 is 9.64 Å². The Hall–Kier alpha value is -2.04. The second-order valence-electron chi connectivity index (χ2n) is 7.68. The van der Waals surface area contributed by atoms with Crippen molar-refractivity contribution in [1.82, 2.24) is 4.90 Å². The van der Waals surface area contributed by atoms with Crippen molar-refractivity contribution in [2.45, 2.75) is 23.7 Å². The molecule has 2 fully saturated rings. The monoisotopic (exact) mass is 431 g/mol. The Morgan fingerprint density at radius 2 is 1.69 bits per heavy atom. The van der Waals surface area contributed by atoms with Gasteiger partial charge in [0.15, 0.2) is 0 Å². The predicted octanol–water partition coefficient (Wildman–Crippen LogP) is 4.35. The van der Waals surface area contributed by atoms with Crippen LogP contribution in [0.4, 0.5) is 0 Å². The van der Waals surface area contributed by atoms with E-state index >= 15 is 0 Å². The summed E-state index contributed by atoms with van der Waals surface area (Å²) in [5, 5.41) is 0. The number of carbonyl (C=O) groups excluding carboxylic acids is 2. The van der Waals surface area contributed by atoms with Crippen molar-refractivity contribution in [3.05, 3.63) is 71.8 Å². The van der Waals surface area contributed by atoms with E-state index in [2.05, 4.69) is 0 Å². The minimum Gasteiger partial charge on any atom is -0.466 e. The third kappa shape index (κ3) is 3.76. The zero-order valence-electron chi connectivity index (χ0n) is 16.1. The summed E-state index contributed by atoms with van der Waals surface area (Å²) in [7, 11) is 0. The quantitative estimate of drug-likeness (QED) is 0.521. The van der Waals surface area contributed by atoms with Crippen LogP contribution in [0.2, 0.25) is 0 Å². The van der Waals surface area contributed by atoms with E-state index < -0.39 is 10.3 Å². The molecule has 1 saturated carbocycles. The largest absolute Gasteiger partial charge is 0.466 e. The molecule has 152 valence electrons. The smallest absolute Gasteiger partial charge is 0.311 e. The van der Waals surface area contributed by atoms with Crippen LogP contribution >= 0.6 is 23.2 Å². The van der Waals surface area contributed by atoms with Crippen LogP contribution in [0.5, 0.6) is 0 Å². The lowest BCUT2D eigenvalue weighted by molar-refractivity contribution is -0.152. The Kier molecular flexibility index (Phi) is 5.58. The number of esters is 1. The van der Waals surface area contributed by atoms with Crippen LogP contribution in [0.15, 0.2) is 60.7 Å². The van der Waals surface area contributed by atoms with Gasteiger partial charge in [-0.05, 0) is 37.0 Å². The van der Waals surface area contributed by atoms with Crippen molar-refractivity contribution < 1.29 is 14.3 Å². The summed E-state index contributed by atoms with van der Waals surface area (Å²) in [6.07, 6.45) is 0.667. The molecule has 0 spiro atoms. The van der Waals surface area contributed by atoms with Crippen LogP contribution in [0, 0.1) is 17.8 Å². The molecule has 29 heavy (non-hydrogen) atoms. The average Bonchev–Trinajstić information content (AvgIpc) is 3.31. The lowest BCUT2D eigenvalue weighted by atomic mass is 9.80. The molecule has 4 rings (SSSR count). The number of halogens is 2. The topological polar surface area (TPSA) is 46.6 Å². The van der Waals surface area contributed by atoms with E-state index in [0.29, 0.717) is 18.6 Å². The van der Waals surface area contributed by atoms with Gasteiger partial charge in [0.1, 0.15) is 4.33 Å². The fourth-order valence-electron chi connectivity index (χ4n) is 4.58. The zero-order valence-corrected chi connectivity index (χ0v) is 17.6. The molecule has 6 heteroatoms. The molecule has 1 amide bonds. The highest BCUT2D eigenvalue weighted by Gasteiger charge is 2.73. The minimum atomic E-state index is -1.06. The summed E-state index contributed by atoms with van der Waals surface area (Å²) in [5.74, 6) is -1.19. The SMILES string of the molecule is CCOC(=O)C1CN(C(=O)c2ccccc2)[C@H]2[C@@H]([C@H]1Cc1ccccc1)C2(Cl)Cl. The average molecular weight is 432 g/mol. The summed E-state index contributed by atoms with van der Waals surface area (Å²) in [6, 6.07) is 18.7. The number of fused-ring (bicyclic) bond motifs is 1. The molecule has 1 aliphatic carbocycles. The molecule has 2 aromatic rings. The lowest BCUT2D eigenvalue weighted by Gasteiger charge is -2.36. The Labute approximate surface area is 180 Å². The first-order chi connectivity index (χ1) is 13.9. The fraction of sp³-hybridized carbons (Fsp3) is 0.391. The molecule has 2 aliphatic rings. The number of hydrogen-bond acceptors (Lipinski definition) is 3. The van der Waals surface area contributed by atoms with Gasteiger partial charge in [0, 0.05) is 18.0 Å². The van der Waals surface area contributed by atoms with Gasteiger partial charge in [0.05, 0.1) is 18.6 Å². The first-order valence-corrected chi connectivity index (χ1v) is 10.6. The number of nitrogens with zero attached hydrogens (tertiary/aromatic N) is 1. The zero-order chi connectivity index (χ0) is 20.6. The molecule has 1 heterocycles. The van der Waals surface area contributed by atoms with Gasteiger partial charge in [-0.2, -0.15) is 0 Å². The van der Waals surface area contributed by atoms with Gasteiger partial charge >= 0.3 is 5.97 Å². The first kappa shape index (κ1) is 20.2. The maximum absolute atomic E-state index is 13.2. The van der Waals surface area contributed by atoms with Crippen molar-refractivity contribution in [2.75, 3.05) is 13.2 Å². The number of likely N-dealkylation sites (tertiary alicyclic amines) is 1. The summed E-state index contributed by atoms with van der Waals surface area (Å²) >= 11 is 13.3. The van der Waals surface area contributed by atoms with Crippen LogP contribution in [0.1, 0.15) is 22.8 Å². The normalized spacial score (nSPS) is 27.1. The molecule has 4 nitrogen and oxygen atoms in total. The highest BCUT2D eigenvalue weighted by atomic mass is 35.5. The Morgan fingerprint density at radius 3 is 2.31 bits per heavy atom. The molecule has 0 N–H and O–H groups in total. The number of benzene rings is 2. The number of alkyl halides is 2. The van der Waals surface area contributed by atoms with Crippen LogP contribution < -0.4 is 0 Å². The third-order valence-corrected chi connectivity index (χ3v) is 6.91. The van der Waals surface area contributed by atoms with Crippen molar-refractivity contribution >= 4 is 35.1 Å². The van der Waals surface area contributed by atoms with Crippen molar-refractivity contribution in [3.8, 4) is 0 Å². The van der Waals surface area contributed by atoms with Crippen LogP contribution in [-0.4, -0.2) is 40.3 Å². The fourth-order valence-corrected chi connectivity index (χ4v) is 5.52. The Balaban J connectivity index is 1.66. The summed E-state index contributed by atoms with van der Waals surface area (Å²) in [4.78, 5) is 27.7. The number of ether oxygens (including phenoxy) is 1. The van der Waals surface area contributed by atoms with Crippen molar-refractivity contribution in [3.63, 3.8) is 0 Å². The molecule has 1 aliphatic heterocycles. The molecule has 2 aromatic carbocycles. The number of amides is 1. The Bertz CT molecular complexity index is 888. The lowest BCUT2D eigenvalue weighted by Crippen LogP contribution is -2.48. The van der Waals surface area contributed by atoms with Crippen LogP contribution in [-0.2, 0) is 16.0 Å². The maximum atomic E-state index is 13.2. The van der Waals surface area contributed by atoms with Crippen molar-refractivity contribution in [2.24, 2.45) is 17.8 Å². The summed E-state index contributed by atoms with van der Waals surface area (Å²) in [5.41, 5.74) is 1.68. The van der Waals surface area contributed by atoms with E-state index in [9.17, 15) is 9.59 Å². The van der Waals surface area contributed by atoms with E-state index in [-0.39, 0.29) is 36.3 Å². The minimum absolute atomic E-state index is 0.0868. The number of piperidine rings is 1. The highest BCUT2D eigenvalue weighted by Crippen LogP contribution is 2.64. The first-order valence-electron chi connectivity index (χ1n) is 9.89. The second-order valence-corrected chi connectivity index (χ2v) is 9.13. The van der Waals surface area contributed by atoms with Gasteiger partial charge in [-0.15, -0.1) is 0 Å². The number of hydrogen-bond donors (Lipinski definition) is 0. The van der Waals surface area contributed by atoms with E-state index in [1.807, 2.05) is 48.5 Å². The Morgan fingerprint density at radius 1 is 1.07 bits per heavy atom. The van der Waals surface area contributed by atoms with Gasteiger partial charge in [0.25, 0.3) is 5.91 Å². The van der Waals surface area contributed by atoms with E-state index in [1.165, 1.54) is 0 Å². The van der Waals surface area contributed by atoms with E-state index in [1.54, 1.807) is 24.0 Å². The molecule has 1 saturated heterocycles. The van der Waals surface area contributed by atoms with Crippen molar-refractivity contribution in [1.29, 1.82) is 0 Å². The number of carbonyl (C=O) groups is 2. The second kappa shape index (κ2) is 8.00. The summed E-state index contributed by atoms with van der Waals surface area (Å²) in [6.45, 7) is 2.33. The van der Waals surface area contributed by atoms with Gasteiger partial charge in [-0.25, -0.2) is 0 Å². The standard InChI is InChI=1S/C23H23Cl2NO3/c1-2-29-22(28)18-14-26(21(27)16-11-7-4-8-12-16)20-19(23(20,24)25)17(18)13-15-9-5-3-6-10-15/h3-12,17-20H,2,13-14H2,1H3/t17-,18?,19+,20-/m0/s1. The van der Waals surface area contributed by atoms with Crippen LogP contribution in [0.3, 0.4) is 0 Å². The van der Waals surface area contributed by atoms with Gasteiger partial charge in [-0.3, -0.25) is 9.59 Å². The molecule has 1 unspecified atom stereocenters. The van der Waals surface area contributed by atoms with Gasteiger partial charge in [-0.1, -0.05) is 71.7 Å². The highest BCUT2D eigenvalue weighted by molar-refractivity contribution is 6.52. The van der Waals surface area contributed by atoms with Gasteiger partial charge in [0.2, 0.25) is 0 Å². The van der Waals surface area contributed by atoms with E-state index in [0.717, 1.165) is 5.56 Å². The van der Waals surface area contributed by atoms with Crippen LogP contribution in [0.25, 0.3) is 0 Å². The molecule has 4 atom stereocenters. The third-order valence-electron chi connectivity index (χ3n) is 5.96. The molecular weight excluding hydrogens is 409 g/mol. The molecule has 0 radical (unpaired) electrons.